The van der Waals surface area contributed by atoms with Gasteiger partial charge in [0.15, 0.2) is 17.5 Å². The van der Waals surface area contributed by atoms with Gasteiger partial charge in [-0.2, -0.15) is 0 Å². The second-order valence-corrected chi connectivity index (χ2v) is 16.4. The van der Waals surface area contributed by atoms with Crippen LogP contribution < -0.4 is 0 Å². The predicted octanol–water partition coefficient (Wildman–Crippen LogP) is 13.5. The van der Waals surface area contributed by atoms with Crippen LogP contribution in [-0.4, -0.2) is 15.0 Å². The average molecular weight is 718 g/mol. The fourth-order valence-electron chi connectivity index (χ4n) is 9.92. The molecule has 0 saturated heterocycles. The minimum atomic E-state index is -0.352. The van der Waals surface area contributed by atoms with E-state index in [9.17, 15) is 0 Å². The molecule has 0 spiro atoms. The van der Waals surface area contributed by atoms with Crippen molar-refractivity contribution < 1.29 is 0 Å². The normalized spacial score (nSPS) is 14.4. The Morgan fingerprint density at radius 2 is 0.679 bits per heavy atom. The highest BCUT2D eigenvalue weighted by molar-refractivity contribution is 5.96. The van der Waals surface area contributed by atoms with Gasteiger partial charge in [0.2, 0.25) is 0 Å². The van der Waals surface area contributed by atoms with Gasteiger partial charge in [-0.15, -0.1) is 0 Å². The van der Waals surface area contributed by atoms with E-state index >= 15 is 0 Å². The highest BCUT2D eigenvalue weighted by atomic mass is 15.0. The van der Waals surface area contributed by atoms with E-state index in [1.54, 1.807) is 0 Å². The number of benzene rings is 8. The van der Waals surface area contributed by atoms with Crippen LogP contribution in [0.25, 0.3) is 89.1 Å². The highest BCUT2D eigenvalue weighted by Crippen LogP contribution is 2.58. The lowest BCUT2D eigenvalue weighted by atomic mass is 9.74. The Bertz CT molecular complexity index is 3000. The second kappa shape index (κ2) is 11.9. The Hall–Kier alpha value is -6.71. The van der Waals surface area contributed by atoms with E-state index in [0.29, 0.717) is 17.5 Å². The van der Waals surface area contributed by atoms with Crippen LogP contribution in [-0.2, 0) is 10.8 Å². The maximum Gasteiger partial charge on any atom is 0.164 e. The maximum absolute atomic E-state index is 5.32. The zero-order valence-corrected chi connectivity index (χ0v) is 31.9. The van der Waals surface area contributed by atoms with Gasteiger partial charge in [-0.1, -0.05) is 179 Å². The summed E-state index contributed by atoms with van der Waals surface area (Å²) in [7, 11) is 0. The van der Waals surface area contributed by atoms with Crippen molar-refractivity contribution >= 4 is 21.5 Å². The number of fused-ring (bicyclic) bond motifs is 8. The molecular weight excluding hydrogens is 679 g/mol. The minimum Gasteiger partial charge on any atom is -0.208 e. The quantitative estimate of drug-likeness (QED) is 0.182. The van der Waals surface area contributed by atoms with Gasteiger partial charge in [-0.05, 0) is 89.3 Å². The molecule has 0 fully saturated rings. The van der Waals surface area contributed by atoms with Crippen molar-refractivity contribution in [3.8, 4) is 67.5 Å². The molecule has 8 aromatic carbocycles. The van der Waals surface area contributed by atoms with E-state index in [-0.39, 0.29) is 10.8 Å². The summed E-state index contributed by atoms with van der Waals surface area (Å²) >= 11 is 0. The minimum absolute atomic E-state index is 0.130. The van der Waals surface area contributed by atoms with Crippen molar-refractivity contribution in [2.75, 3.05) is 0 Å². The molecule has 0 saturated carbocycles. The Kier molecular flexibility index (Phi) is 6.94. The molecule has 2 aliphatic carbocycles. The van der Waals surface area contributed by atoms with Crippen LogP contribution in [0, 0.1) is 0 Å². The smallest absolute Gasteiger partial charge is 0.164 e. The van der Waals surface area contributed by atoms with Crippen LogP contribution in [0.4, 0.5) is 0 Å². The monoisotopic (exact) mass is 717 g/mol. The molecule has 3 heteroatoms. The standard InChI is InChI=1S/C53H39N3/c1-52(2)45-25-10-9-18-38(45)39-19-11-20-40(46(39)52)41-21-12-22-42-43-23-13-24-44(48(43)53(3,4)47(41)42)51-55-49(36-28-26-32-14-5-7-16-34(32)30-36)54-50(56-51)37-29-27-33-15-6-8-17-35(33)31-37/h5-31H,1-4H3. The Morgan fingerprint density at radius 3 is 1.21 bits per heavy atom. The van der Waals surface area contributed by atoms with Crippen molar-refractivity contribution in [1.29, 1.82) is 0 Å². The molecule has 0 amide bonds. The van der Waals surface area contributed by atoms with E-state index in [1.807, 2.05) is 0 Å². The van der Waals surface area contributed by atoms with Gasteiger partial charge in [0, 0.05) is 27.5 Å². The van der Waals surface area contributed by atoms with Crippen molar-refractivity contribution in [2.24, 2.45) is 0 Å². The predicted molar refractivity (Wildman–Crippen MR) is 232 cm³/mol. The molecule has 0 N–H and O–H groups in total. The molecule has 56 heavy (non-hydrogen) atoms. The Labute approximate surface area is 327 Å². The third kappa shape index (κ3) is 4.73. The largest absolute Gasteiger partial charge is 0.208 e. The van der Waals surface area contributed by atoms with E-state index < -0.39 is 0 Å². The maximum atomic E-state index is 5.32. The Balaban J connectivity index is 1.11. The van der Waals surface area contributed by atoms with Gasteiger partial charge in [-0.3, -0.25) is 0 Å². The van der Waals surface area contributed by atoms with Crippen LogP contribution in [0.2, 0.25) is 0 Å². The third-order valence-corrected chi connectivity index (χ3v) is 12.4. The molecular formula is C53H39N3. The molecule has 3 nitrogen and oxygen atoms in total. The summed E-state index contributed by atoms with van der Waals surface area (Å²) in [5.41, 5.74) is 15.6. The summed E-state index contributed by atoms with van der Waals surface area (Å²) in [6, 6.07) is 59.2. The van der Waals surface area contributed by atoms with Crippen LogP contribution in [0.15, 0.2) is 164 Å². The van der Waals surface area contributed by atoms with Gasteiger partial charge in [0.1, 0.15) is 0 Å². The molecule has 0 aliphatic heterocycles. The summed E-state index contributed by atoms with van der Waals surface area (Å²) in [5.74, 6) is 2.01. The lowest BCUT2D eigenvalue weighted by Crippen LogP contribution is -2.20. The average Bonchev–Trinajstić information content (AvgIpc) is 3.63. The summed E-state index contributed by atoms with van der Waals surface area (Å²) < 4.78 is 0. The van der Waals surface area contributed by atoms with Crippen molar-refractivity contribution in [3.63, 3.8) is 0 Å². The lowest BCUT2D eigenvalue weighted by molar-refractivity contribution is 0.655. The van der Waals surface area contributed by atoms with Gasteiger partial charge in [0.25, 0.3) is 0 Å². The fourth-order valence-corrected chi connectivity index (χ4v) is 9.92. The van der Waals surface area contributed by atoms with Gasteiger partial charge >= 0.3 is 0 Å². The number of hydrogen-bond acceptors (Lipinski definition) is 3. The van der Waals surface area contributed by atoms with Crippen molar-refractivity contribution in [1.82, 2.24) is 15.0 Å². The molecule has 1 heterocycles. The molecule has 0 unspecified atom stereocenters. The van der Waals surface area contributed by atoms with E-state index in [2.05, 4.69) is 191 Å². The van der Waals surface area contributed by atoms with Crippen molar-refractivity contribution in [2.45, 2.75) is 38.5 Å². The number of aromatic nitrogens is 3. The molecule has 266 valence electrons. The summed E-state index contributed by atoms with van der Waals surface area (Å²) in [4.78, 5) is 15.8. The van der Waals surface area contributed by atoms with Gasteiger partial charge < -0.3 is 0 Å². The van der Waals surface area contributed by atoms with Crippen LogP contribution >= 0.6 is 0 Å². The summed E-state index contributed by atoms with van der Waals surface area (Å²) in [6.45, 7) is 9.51. The molecule has 0 radical (unpaired) electrons. The molecule has 2 aliphatic rings. The first kappa shape index (κ1) is 32.7. The summed E-state index contributed by atoms with van der Waals surface area (Å²) in [5, 5.41) is 4.69. The van der Waals surface area contributed by atoms with Gasteiger partial charge in [0.05, 0.1) is 0 Å². The van der Waals surface area contributed by atoms with E-state index in [1.165, 1.54) is 66.4 Å². The van der Waals surface area contributed by atoms with Crippen LogP contribution in [0.5, 0.6) is 0 Å². The van der Waals surface area contributed by atoms with Crippen LogP contribution in [0.1, 0.15) is 49.9 Å². The molecule has 0 atom stereocenters. The molecule has 11 rings (SSSR count). The first-order chi connectivity index (χ1) is 27.3. The Morgan fingerprint density at radius 1 is 0.304 bits per heavy atom. The van der Waals surface area contributed by atoms with Crippen molar-refractivity contribution in [3.05, 3.63) is 186 Å². The molecule has 0 bridgehead atoms. The highest BCUT2D eigenvalue weighted by Gasteiger charge is 2.43. The SMILES string of the molecule is CC1(C)c2ccccc2-c2cccc(-c3cccc4c3C(C)(C)c3c(-c5nc(-c6ccc7ccccc7c6)nc(-c6ccc7ccccc7c6)n5)cccc3-4)c21. The molecule has 1 aromatic heterocycles. The van der Waals surface area contributed by atoms with Gasteiger partial charge in [-0.25, -0.2) is 15.0 Å². The third-order valence-electron chi connectivity index (χ3n) is 12.4. The van der Waals surface area contributed by atoms with E-state index in [0.717, 1.165) is 27.5 Å². The fraction of sp³-hybridized carbons (Fsp3) is 0.113. The zero-order chi connectivity index (χ0) is 37.8. The number of rotatable bonds is 4. The lowest BCUT2D eigenvalue weighted by Gasteiger charge is -2.29. The first-order valence-corrected chi connectivity index (χ1v) is 19.5. The number of hydrogen-bond donors (Lipinski definition) is 0. The van der Waals surface area contributed by atoms with Crippen LogP contribution in [0.3, 0.4) is 0 Å². The van der Waals surface area contributed by atoms with E-state index in [4.69, 9.17) is 15.0 Å². The number of nitrogens with zero attached hydrogens (tertiary/aromatic N) is 3. The second-order valence-electron chi connectivity index (χ2n) is 16.4. The first-order valence-electron chi connectivity index (χ1n) is 19.5. The zero-order valence-electron chi connectivity index (χ0n) is 31.9. The topological polar surface area (TPSA) is 38.7 Å². The molecule has 9 aromatic rings. The summed E-state index contributed by atoms with van der Waals surface area (Å²) in [6.07, 6.45) is 0.